The van der Waals surface area contributed by atoms with Gasteiger partial charge in [0.1, 0.15) is 0 Å². The van der Waals surface area contributed by atoms with E-state index in [1.807, 2.05) is 0 Å². The van der Waals surface area contributed by atoms with Gasteiger partial charge in [-0.3, -0.25) is 9.59 Å². The number of carboxylic acids is 2. The second kappa shape index (κ2) is 25.2. The van der Waals surface area contributed by atoms with Crippen LogP contribution in [-0.2, 0) is 9.59 Å². The fourth-order valence-electron chi connectivity index (χ4n) is 6.67. The van der Waals surface area contributed by atoms with E-state index in [0.717, 1.165) is 50.9 Å². The van der Waals surface area contributed by atoms with Gasteiger partial charge < -0.3 is 10.2 Å². The van der Waals surface area contributed by atoms with Gasteiger partial charge in [0.15, 0.2) is 0 Å². The molecule has 0 bridgehead atoms. The monoisotopic (exact) mass is 560 g/mol. The Balaban J connectivity index is 2.83. The first-order chi connectivity index (χ1) is 19.5. The van der Waals surface area contributed by atoms with Crippen molar-refractivity contribution >= 4 is 11.9 Å². The maximum Gasteiger partial charge on any atom is 0.303 e. The minimum absolute atomic E-state index is 0.270. The molecule has 0 radical (unpaired) electrons. The van der Waals surface area contributed by atoms with Crippen molar-refractivity contribution in [3.63, 3.8) is 0 Å². The van der Waals surface area contributed by atoms with Gasteiger partial charge in [0.2, 0.25) is 0 Å². The molecule has 4 nitrogen and oxygen atoms in total. The Bertz CT molecular complexity index is 682. The number of aliphatic carboxylic acids is 2. The molecule has 0 aromatic heterocycles. The lowest BCUT2D eigenvalue weighted by Crippen LogP contribution is -2.31. The molecule has 1 rings (SSSR count). The second-order valence-electron chi connectivity index (χ2n) is 12.5. The molecular weight excluding hydrogens is 496 g/mol. The zero-order chi connectivity index (χ0) is 29.3. The number of hydrogen-bond donors (Lipinski definition) is 2. The maximum atomic E-state index is 10.9. The lowest BCUT2D eigenvalue weighted by molar-refractivity contribution is -0.138. The zero-order valence-corrected chi connectivity index (χ0v) is 26.3. The van der Waals surface area contributed by atoms with Crippen LogP contribution in [0.15, 0.2) is 24.3 Å². The highest BCUT2D eigenvalue weighted by atomic mass is 16.4. The van der Waals surface area contributed by atoms with Gasteiger partial charge in [0.25, 0.3) is 0 Å². The third-order valence-corrected chi connectivity index (χ3v) is 9.05. The highest BCUT2D eigenvalue weighted by molar-refractivity contribution is 5.66. The van der Waals surface area contributed by atoms with Gasteiger partial charge in [-0.15, -0.1) is 0 Å². The van der Waals surface area contributed by atoms with Gasteiger partial charge in [-0.2, -0.15) is 0 Å². The van der Waals surface area contributed by atoms with E-state index < -0.39 is 11.9 Å². The average molecular weight is 561 g/mol. The molecule has 0 aliphatic heterocycles. The first-order valence-electron chi connectivity index (χ1n) is 17.3. The lowest BCUT2D eigenvalue weighted by Gasteiger charge is -2.40. The Labute approximate surface area is 247 Å². The van der Waals surface area contributed by atoms with Crippen LogP contribution in [0.3, 0.4) is 0 Å². The Morgan fingerprint density at radius 3 is 1.55 bits per heavy atom. The zero-order valence-electron chi connectivity index (χ0n) is 26.3. The molecule has 2 N–H and O–H groups in total. The average Bonchev–Trinajstić information content (AvgIpc) is 2.92. The predicted octanol–water partition coefficient (Wildman–Crippen LogP) is 11.1. The van der Waals surface area contributed by atoms with Crippen LogP contribution < -0.4 is 0 Å². The predicted molar refractivity (Wildman–Crippen MR) is 170 cm³/mol. The third-order valence-electron chi connectivity index (χ3n) is 9.05. The Morgan fingerprint density at radius 2 is 1.00 bits per heavy atom. The molecule has 0 saturated carbocycles. The van der Waals surface area contributed by atoms with Gasteiger partial charge in [0, 0.05) is 12.8 Å². The number of allylic oxidation sites excluding steroid dienone is 4. The highest BCUT2D eigenvalue weighted by Crippen LogP contribution is 2.44. The molecule has 0 amide bonds. The van der Waals surface area contributed by atoms with E-state index >= 15 is 0 Å². The Kier molecular flexibility index (Phi) is 22.9. The largest absolute Gasteiger partial charge is 0.481 e. The van der Waals surface area contributed by atoms with E-state index in [1.54, 1.807) is 0 Å². The summed E-state index contributed by atoms with van der Waals surface area (Å²) in [6, 6.07) is 0. The summed E-state index contributed by atoms with van der Waals surface area (Å²) in [6.45, 7) is 4.57. The van der Waals surface area contributed by atoms with Crippen molar-refractivity contribution in [3.05, 3.63) is 24.3 Å². The van der Waals surface area contributed by atoms with Crippen LogP contribution in [-0.4, -0.2) is 22.2 Å². The fraction of sp³-hybridized carbons (Fsp3) is 0.833. The van der Waals surface area contributed by atoms with Crippen molar-refractivity contribution in [2.75, 3.05) is 0 Å². The van der Waals surface area contributed by atoms with Crippen LogP contribution in [0.2, 0.25) is 0 Å². The fourth-order valence-corrected chi connectivity index (χ4v) is 6.67. The summed E-state index contributed by atoms with van der Waals surface area (Å²) in [5.74, 6) is 1.32. The van der Waals surface area contributed by atoms with E-state index in [9.17, 15) is 9.59 Å². The molecule has 0 fully saturated rings. The molecule has 232 valence electrons. The van der Waals surface area contributed by atoms with Crippen molar-refractivity contribution < 1.29 is 19.8 Å². The molecule has 0 saturated heterocycles. The van der Waals surface area contributed by atoms with Crippen LogP contribution in [0.25, 0.3) is 0 Å². The Hall–Kier alpha value is -1.58. The topological polar surface area (TPSA) is 74.6 Å². The quantitative estimate of drug-likeness (QED) is 0.0774. The first kappa shape index (κ1) is 36.4. The van der Waals surface area contributed by atoms with Gasteiger partial charge >= 0.3 is 11.9 Å². The standard InChI is InChI=1S/C36H64O4/c1-3-5-7-9-12-17-23-31-29-30-32(24-18-16-22-28-36(39)40)34(26-20-14-11-15-21-27-35(37)38)33(31)25-19-13-10-8-6-4-2/h14,20,29-34H,3-13,15-19,21-28H2,1-2H3,(H,37,38)(H,39,40)/b20-14+. The van der Waals surface area contributed by atoms with Crippen molar-refractivity contribution in [3.8, 4) is 0 Å². The van der Waals surface area contributed by atoms with Gasteiger partial charge in [0.05, 0.1) is 0 Å². The molecule has 1 aliphatic carbocycles. The molecule has 0 aromatic rings. The van der Waals surface area contributed by atoms with Gasteiger partial charge in [-0.1, -0.05) is 128 Å². The first-order valence-corrected chi connectivity index (χ1v) is 17.3. The molecule has 1 aliphatic rings. The third kappa shape index (κ3) is 18.7. The molecule has 0 heterocycles. The molecule has 40 heavy (non-hydrogen) atoms. The van der Waals surface area contributed by atoms with E-state index in [0.29, 0.717) is 17.8 Å². The normalized spacial score (nSPS) is 20.9. The summed E-state index contributed by atoms with van der Waals surface area (Å²) in [6.07, 6.45) is 37.1. The van der Waals surface area contributed by atoms with Crippen LogP contribution in [0.4, 0.5) is 0 Å². The van der Waals surface area contributed by atoms with E-state index in [2.05, 4.69) is 38.2 Å². The summed E-state index contributed by atoms with van der Waals surface area (Å²) in [5.41, 5.74) is 0. The van der Waals surface area contributed by atoms with Crippen molar-refractivity contribution in [2.24, 2.45) is 23.7 Å². The van der Waals surface area contributed by atoms with Gasteiger partial charge in [-0.25, -0.2) is 0 Å². The lowest BCUT2D eigenvalue weighted by atomic mass is 9.65. The highest BCUT2D eigenvalue weighted by Gasteiger charge is 2.34. The number of unbranched alkanes of at least 4 members (excludes halogenated alkanes) is 14. The smallest absolute Gasteiger partial charge is 0.303 e. The summed E-state index contributed by atoms with van der Waals surface area (Å²) in [5, 5.41) is 17.9. The SMILES string of the molecule is CCCCCCCCC1C=CC(CCCCCC(=O)O)C(C/C=C/CCCCC(=O)O)C1CCCCCCCC. The summed E-state index contributed by atoms with van der Waals surface area (Å²) >= 11 is 0. The molecular formula is C36H64O4. The molecule has 4 atom stereocenters. The second-order valence-corrected chi connectivity index (χ2v) is 12.5. The van der Waals surface area contributed by atoms with E-state index in [4.69, 9.17) is 10.2 Å². The van der Waals surface area contributed by atoms with Crippen molar-refractivity contribution in [1.82, 2.24) is 0 Å². The minimum Gasteiger partial charge on any atom is -0.481 e. The minimum atomic E-state index is -0.696. The summed E-state index contributed by atoms with van der Waals surface area (Å²) in [4.78, 5) is 21.7. The van der Waals surface area contributed by atoms with Crippen LogP contribution >= 0.6 is 0 Å². The Morgan fingerprint density at radius 1 is 0.550 bits per heavy atom. The number of carboxylic acid groups (broad SMARTS) is 2. The summed E-state index contributed by atoms with van der Waals surface area (Å²) < 4.78 is 0. The van der Waals surface area contributed by atoms with Crippen LogP contribution in [0.5, 0.6) is 0 Å². The van der Waals surface area contributed by atoms with Crippen molar-refractivity contribution in [2.45, 2.75) is 168 Å². The number of rotatable bonds is 27. The van der Waals surface area contributed by atoms with E-state index in [-0.39, 0.29) is 12.8 Å². The van der Waals surface area contributed by atoms with Crippen molar-refractivity contribution in [1.29, 1.82) is 0 Å². The number of carbonyl (C=O) groups is 2. The van der Waals surface area contributed by atoms with E-state index in [1.165, 1.54) is 96.3 Å². The molecule has 4 unspecified atom stereocenters. The maximum absolute atomic E-state index is 10.9. The van der Waals surface area contributed by atoms with Gasteiger partial charge in [-0.05, 0) is 75.0 Å². The number of hydrogen-bond acceptors (Lipinski definition) is 2. The van der Waals surface area contributed by atoms with Crippen LogP contribution in [0, 0.1) is 23.7 Å². The molecule has 0 spiro atoms. The van der Waals surface area contributed by atoms with Crippen LogP contribution in [0.1, 0.15) is 168 Å². The molecule has 0 aromatic carbocycles. The molecule has 4 heteroatoms. The summed E-state index contributed by atoms with van der Waals surface area (Å²) in [7, 11) is 0.